The molecule has 0 saturated heterocycles. The average Bonchev–Trinajstić information content (AvgIpc) is 3.32. The standard InChI is InChI=1S/C20H21N3O4/c1-11-17(19(25)23(22(11)2)14-6-4-3-5-7-14)21-18(24)15-12-8-9-13(10-12)16(15)20(26)27/h3-9,12-13,15-16H,10H2,1-2H3,(H,21,24)(H,26,27)/t12-,13+,15-,16+/m1/s1. The van der Waals surface area contributed by atoms with Crippen LogP contribution in [0.25, 0.3) is 5.69 Å². The van der Waals surface area contributed by atoms with Gasteiger partial charge in [0.2, 0.25) is 5.91 Å². The summed E-state index contributed by atoms with van der Waals surface area (Å²) in [5, 5.41) is 12.3. The summed E-state index contributed by atoms with van der Waals surface area (Å²) in [4.78, 5) is 37.5. The SMILES string of the molecule is Cc1c(NC(=O)[C@H]2[C@@H](C(=O)O)[C@H]3C=C[C@@H]2C3)c(=O)n(-c2ccccc2)n1C. The van der Waals surface area contributed by atoms with Gasteiger partial charge < -0.3 is 10.4 Å². The molecule has 0 aliphatic heterocycles. The molecular formula is C20H21N3O4. The average molecular weight is 367 g/mol. The predicted molar refractivity (Wildman–Crippen MR) is 99.7 cm³/mol. The molecule has 27 heavy (non-hydrogen) atoms. The molecule has 1 fully saturated rings. The Balaban J connectivity index is 1.68. The van der Waals surface area contributed by atoms with Crippen LogP contribution in [0.1, 0.15) is 12.1 Å². The van der Waals surface area contributed by atoms with E-state index in [1.54, 1.807) is 18.7 Å². The fourth-order valence-electron chi connectivity index (χ4n) is 4.44. The molecule has 1 aromatic carbocycles. The number of hydrogen-bond donors (Lipinski definition) is 2. The molecule has 4 rings (SSSR count). The summed E-state index contributed by atoms with van der Waals surface area (Å²) in [6, 6.07) is 9.16. The van der Waals surface area contributed by atoms with E-state index in [2.05, 4.69) is 5.32 Å². The number of nitrogens with one attached hydrogen (secondary N) is 1. The van der Waals surface area contributed by atoms with E-state index in [1.165, 1.54) is 4.68 Å². The zero-order valence-electron chi connectivity index (χ0n) is 15.1. The Morgan fingerprint density at radius 3 is 2.37 bits per heavy atom. The highest BCUT2D eigenvalue weighted by molar-refractivity contribution is 5.96. The summed E-state index contributed by atoms with van der Waals surface area (Å²) >= 11 is 0. The number of fused-ring (bicyclic) bond motifs is 2. The van der Waals surface area contributed by atoms with Crippen LogP contribution in [0.5, 0.6) is 0 Å². The number of hydrogen-bond acceptors (Lipinski definition) is 3. The minimum Gasteiger partial charge on any atom is -0.481 e. The van der Waals surface area contributed by atoms with Crippen molar-refractivity contribution in [2.75, 3.05) is 5.32 Å². The first-order valence-corrected chi connectivity index (χ1v) is 8.96. The van der Waals surface area contributed by atoms with Crippen LogP contribution in [-0.4, -0.2) is 26.3 Å². The maximum absolute atomic E-state index is 12.9. The first-order valence-electron chi connectivity index (χ1n) is 8.96. The van der Waals surface area contributed by atoms with E-state index in [9.17, 15) is 19.5 Å². The number of anilines is 1. The third-order valence-electron chi connectivity index (χ3n) is 5.85. The van der Waals surface area contributed by atoms with Gasteiger partial charge in [0, 0.05) is 7.05 Å². The lowest BCUT2D eigenvalue weighted by Crippen LogP contribution is -2.37. The van der Waals surface area contributed by atoms with Crippen LogP contribution in [-0.2, 0) is 16.6 Å². The zero-order chi connectivity index (χ0) is 19.3. The summed E-state index contributed by atoms with van der Waals surface area (Å²) in [6.07, 6.45) is 4.49. The Labute approximate surface area is 155 Å². The largest absolute Gasteiger partial charge is 0.481 e. The molecule has 0 spiro atoms. The van der Waals surface area contributed by atoms with Crippen LogP contribution in [0.4, 0.5) is 5.69 Å². The molecule has 7 heteroatoms. The van der Waals surface area contributed by atoms with Crippen molar-refractivity contribution in [1.82, 2.24) is 9.36 Å². The van der Waals surface area contributed by atoms with Gasteiger partial charge in [-0.15, -0.1) is 0 Å². The number of aromatic nitrogens is 2. The maximum Gasteiger partial charge on any atom is 0.307 e. The Morgan fingerprint density at radius 1 is 1.11 bits per heavy atom. The monoisotopic (exact) mass is 367 g/mol. The van der Waals surface area contributed by atoms with E-state index in [-0.39, 0.29) is 23.1 Å². The second-order valence-electron chi connectivity index (χ2n) is 7.26. The Hall–Kier alpha value is -3.09. The van der Waals surface area contributed by atoms with Gasteiger partial charge in [-0.25, -0.2) is 4.68 Å². The van der Waals surface area contributed by atoms with Crippen molar-refractivity contribution in [3.8, 4) is 5.69 Å². The number of amides is 1. The quantitative estimate of drug-likeness (QED) is 0.808. The van der Waals surface area contributed by atoms with Crippen molar-refractivity contribution in [2.45, 2.75) is 13.3 Å². The summed E-state index contributed by atoms with van der Waals surface area (Å²) in [5.41, 5.74) is 1.17. The lowest BCUT2D eigenvalue weighted by atomic mass is 9.82. The molecule has 2 N–H and O–H groups in total. The molecule has 1 heterocycles. The molecule has 140 valence electrons. The van der Waals surface area contributed by atoms with Gasteiger partial charge in [-0.05, 0) is 37.3 Å². The van der Waals surface area contributed by atoms with Crippen LogP contribution < -0.4 is 10.9 Å². The van der Waals surface area contributed by atoms with Gasteiger partial charge in [0.05, 0.1) is 23.2 Å². The van der Waals surface area contributed by atoms with Crippen LogP contribution in [0, 0.1) is 30.6 Å². The Bertz CT molecular complexity index is 1000. The van der Waals surface area contributed by atoms with Crippen molar-refractivity contribution < 1.29 is 14.7 Å². The number of benzene rings is 1. The number of aliphatic carboxylic acids is 1. The first-order chi connectivity index (χ1) is 12.9. The normalized spacial score (nSPS) is 25.7. The minimum absolute atomic E-state index is 0.0866. The summed E-state index contributed by atoms with van der Waals surface area (Å²) in [7, 11) is 1.75. The number of rotatable bonds is 4. The predicted octanol–water partition coefficient (Wildman–Crippen LogP) is 1.95. The van der Waals surface area contributed by atoms with E-state index in [4.69, 9.17) is 0 Å². The molecule has 0 unspecified atom stereocenters. The number of para-hydroxylation sites is 1. The second-order valence-corrected chi connectivity index (χ2v) is 7.26. The van der Waals surface area contributed by atoms with Gasteiger partial charge in [-0.1, -0.05) is 30.4 Å². The van der Waals surface area contributed by atoms with Crippen molar-refractivity contribution >= 4 is 17.6 Å². The number of carboxylic acid groups (broad SMARTS) is 1. The van der Waals surface area contributed by atoms with Crippen LogP contribution in [0.3, 0.4) is 0 Å². The number of carboxylic acids is 1. The van der Waals surface area contributed by atoms with Crippen molar-refractivity contribution in [3.63, 3.8) is 0 Å². The molecular weight excluding hydrogens is 346 g/mol. The molecule has 0 radical (unpaired) electrons. The minimum atomic E-state index is -0.960. The number of carbonyl (C=O) groups excluding carboxylic acids is 1. The molecule has 2 bridgehead atoms. The second kappa shape index (κ2) is 6.26. The highest BCUT2D eigenvalue weighted by Gasteiger charge is 2.51. The van der Waals surface area contributed by atoms with Gasteiger partial charge in [0.15, 0.2) is 0 Å². The van der Waals surface area contributed by atoms with Gasteiger partial charge in [-0.2, -0.15) is 0 Å². The molecule has 2 aromatic rings. The van der Waals surface area contributed by atoms with Crippen molar-refractivity contribution in [1.29, 1.82) is 0 Å². The fourth-order valence-corrected chi connectivity index (χ4v) is 4.44. The first kappa shape index (κ1) is 17.3. The smallest absolute Gasteiger partial charge is 0.307 e. The molecule has 4 atom stereocenters. The van der Waals surface area contributed by atoms with Gasteiger partial charge in [0.25, 0.3) is 5.56 Å². The topological polar surface area (TPSA) is 93.3 Å². The Morgan fingerprint density at radius 2 is 1.74 bits per heavy atom. The van der Waals surface area contributed by atoms with E-state index in [0.29, 0.717) is 17.8 Å². The molecule has 2 aliphatic carbocycles. The molecule has 1 saturated carbocycles. The summed E-state index contributed by atoms with van der Waals surface area (Å²) in [5.74, 6) is -2.94. The summed E-state index contributed by atoms with van der Waals surface area (Å²) in [6.45, 7) is 1.76. The van der Waals surface area contributed by atoms with Gasteiger partial charge in [0.1, 0.15) is 5.69 Å². The molecule has 2 aliphatic rings. The fraction of sp³-hybridized carbons (Fsp3) is 0.350. The lowest BCUT2D eigenvalue weighted by molar-refractivity contribution is -0.146. The van der Waals surface area contributed by atoms with Crippen LogP contribution >= 0.6 is 0 Å². The Kier molecular flexibility index (Phi) is 4.02. The molecule has 7 nitrogen and oxygen atoms in total. The van der Waals surface area contributed by atoms with Gasteiger partial charge >= 0.3 is 5.97 Å². The van der Waals surface area contributed by atoms with Crippen molar-refractivity contribution in [3.05, 3.63) is 58.5 Å². The van der Waals surface area contributed by atoms with E-state index in [0.717, 1.165) is 0 Å². The summed E-state index contributed by atoms with van der Waals surface area (Å²) < 4.78 is 3.17. The highest BCUT2D eigenvalue weighted by Crippen LogP contribution is 2.48. The zero-order valence-corrected chi connectivity index (χ0v) is 15.1. The van der Waals surface area contributed by atoms with Crippen LogP contribution in [0.15, 0.2) is 47.3 Å². The highest BCUT2D eigenvalue weighted by atomic mass is 16.4. The van der Waals surface area contributed by atoms with E-state index < -0.39 is 23.7 Å². The van der Waals surface area contributed by atoms with E-state index >= 15 is 0 Å². The molecule has 1 aromatic heterocycles. The number of carbonyl (C=O) groups is 2. The third kappa shape index (κ3) is 2.61. The number of nitrogens with zero attached hydrogens (tertiary/aromatic N) is 2. The van der Waals surface area contributed by atoms with Gasteiger partial charge in [-0.3, -0.25) is 19.1 Å². The third-order valence-corrected chi connectivity index (χ3v) is 5.85. The lowest BCUT2D eigenvalue weighted by Gasteiger charge is -2.23. The van der Waals surface area contributed by atoms with E-state index in [1.807, 2.05) is 42.5 Å². The van der Waals surface area contributed by atoms with Crippen LogP contribution in [0.2, 0.25) is 0 Å². The number of allylic oxidation sites excluding steroid dienone is 2. The molecule has 1 amide bonds. The maximum atomic E-state index is 12.9. The van der Waals surface area contributed by atoms with Crippen molar-refractivity contribution in [2.24, 2.45) is 30.7 Å².